The van der Waals surface area contributed by atoms with Crippen molar-refractivity contribution in [3.63, 3.8) is 0 Å². The van der Waals surface area contributed by atoms with Crippen LogP contribution in [-0.2, 0) is 11.8 Å². The third-order valence-electron chi connectivity index (χ3n) is 8.08. The largest absolute Gasteiger partial charge is 0.493 e. The van der Waals surface area contributed by atoms with Crippen molar-refractivity contribution in [2.45, 2.75) is 44.6 Å². The van der Waals surface area contributed by atoms with E-state index in [4.69, 9.17) is 19.3 Å². The molecule has 202 valence electrons. The first-order chi connectivity index (χ1) is 18.4. The summed E-state index contributed by atoms with van der Waals surface area (Å²) in [6.07, 6.45) is 1.76. The number of rotatable bonds is 8. The maximum absolute atomic E-state index is 12.5. The number of benzene rings is 2. The van der Waals surface area contributed by atoms with Gasteiger partial charge in [0.2, 0.25) is 0 Å². The number of fused-ring (bicyclic) bond motifs is 3. The maximum atomic E-state index is 12.5. The Kier molecular flexibility index (Phi) is 7.61. The highest BCUT2D eigenvalue weighted by Gasteiger charge is 2.42. The monoisotopic (exact) mass is 518 g/mol. The Morgan fingerprint density at radius 3 is 2.50 bits per heavy atom. The molecule has 3 aromatic rings. The van der Waals surface area contributed by atoms with Crippen LogP contribution in [0.15, 0.2) is 48.5 Å². The molecule has 8 heteroatoms. The summed E-state index contributed by atoms with van der Waals surface area (Å²) in [6.45, 7) is 6.69. The fourth-order valence-corrected chi connectivity index (χ4v) is 5.89. The van der Waals surface area contributed by atoms with E-state index in [1.165, 1.54) is 11.3 Å². The molecule has 3 fully saturated rings. The van der Waals surface area contributed by atoms with Crippen LogP contribution in [0.4, 0.5) is 10.5 Å². The fourth-order valence-electron chi connectivity index (χ4n) is 5.89. The molecule has 3 aliphatic rings. The molecular weight excluding hydrogens is 480 g/mol. The van der Waals surface area contributed by atoms with Crippen molar-refractivity contribution in [3.05, 3.63) is 59.8 Å². The van der Waals surface area contributed by atoms with Crippen molar-refractivity contribution >= 4 is 11.8 Å². The molecule has 4 heterocycles. The maximum Gasteiger partial charge on any atom is 0.411 e. The molecule has 8 nitrogen and oxygen atoms in total. The van der Waals surface area contributed by atoms with Gasteiger partial charge in [-0.15, -0.1) is 0 Å². The molecule has 0 spiro atoms. The van der Waals surface area contributed by atoms with Gasteiger partial charge in [-0.25, -0.2) is 4.79 Å². The van der Waals surface area contributed by atoms with Crippen LogP contribution in [0.1, 0.15) is 49.8 Å². The van der Waals surface area contributed by atoms with Crippen LogP contribution in [0.5, 0.6) is 11.5 Å². The molecule has 1 amide bonds. The average molecular weight is 519 g/mol. The third kappa shape index (κ3) is 5.36. The summed E-state index contributed by atoms with van der Waals surface area (Å²) >= 11 is 0. The number of anilines is 1. The molecule has 3 aliphatic heterocycles. The molecule has 6 rings (SSSR count). The Labute approximate surface area is 224 Å². The topological polar surface area (TPSA) is 77.9 Å². The standard InChI is InChI=1S/C30H38N4O4/c1-19(2)20-6-9-23(10-7-20)31-30(35)38-18-24-14-21-12-13-34(24)17-25(21)27-16-26(32-33(27)3)22-8-11-28(36-4)29(15-22)37-5/h6-11,15-16,19,21,24-25H,12-14,17-18H2,1-5H3,(H,31,35). The predicted octanol–water partition coefficient (Wildman–Crippen LogP) is 5.65. The summed E-state index contributed by atoms with van der Waals surface area (Å²) in [6, 6.07) is 16.3. The Morgan fingerprint density at radius 1 is 1.08 bits per heavy atom. The number of methoxy groups -OCH3 is 2. The molecule has 0 aliphatic carbocycles. The quantitative estimate of drug-likeness (QED) is 0.415. The van der Waals surface area contributed by atoms with Gasteiger partial charge in [-0.1, -0.05) is 26.0 Å². The summed E-state index contributed by atoms with van der Waals surface area (Å²) in [4.78, 5) is 14.9. The SMILES string of the molecule is COc1ccc(-c2cc(C3CN4CCC3CC4COC(=O)Nc3ccc(C(C)C)cc3)n(C)n2)cc1OC. The zero-order chi connectivity index (χ0) is 26.8. The number of aryl methyl sites for hydroxylation is 1. The lowest BCUT2D eigenvalue weighted by molar-refractivity contribution is -0.00222. The lowest BCUT2D eigenvalue weighted by atomic mass is 9.74. The molecule has 1 N–H and O–H groups in total. The second kappa shape index (κ2) is 11.1. The second-order valence-electron chi connectivity index (χ2n) is 10.7. The highest BCUT2D eigenvalue weighted by atomic mass is 16.5. The van der Waals surface area contributed by atoms with Crippen LogP contribution in [0, 0.1) is 5.92 Å². The molecule has 3 saturated heterocycles. The summed E-state index contributed by atoms with van der Waals surface area (Å²) in [5, 5.41) is 7.69. The van der Waals surface area contributed by atoms with Crippen molar-refractivity contribution in [1.29, 1.82) is 0 Å². The van der Waals surface area contributed by atoms with Crippen LogP contribution < -0.4 is 14.8 Å². The van der Waals surface area contributed by atoms with Crippen LogP contribution in [0.25, 0.3) is 11.3 Å². The molecule has 2 bridgehead atoms. The summed E-state index contributed by atoms with van der Waals surface area (Å²) in [5.74, 6) is 2.79. The van der Waals surface area contributed by atoms with E-state index in [0.29, 0.717) is 35.9 Å². The van der Waals surface area contributed by atoms with E-state index in [2.05, 4.69) is 30.1 Å². The van der Waals surface area contributed by atoms with E-state index < -0.39 is 6.09 Å². The van der Waals surface area contributed by atoms with Gasteiger partial charge in [0.05, 0.1) is 19.9 Å². The van der Waals surface area contributed by atoms with Crippen LogP contribution >= 0.6 is 0 Å². The first-order valence-corrected chi connectivity index (χ1v) is 13.4. The lowest BCUT2D eigenvalue weighted by Crippen LogP contribution is -2.54. The van der Waals surface area contributed by atoms with Gasteiger partial charge in [-0.2, -0.15) is 5.10 Å². The Hall–Kier alpha value is -3.52. The first-order valence-electron chi connectivity index (χ1n) is 13.4. The molecule has 0 saturated carbocycles. The Balaban J connectivity index is 1.20. The normalized spacial score (nSPS) is 22.4. The molecule has 0 radical (unpaired) electrons. The smallest absolute Gasteiger partial charge is 0.411 e. The van der Waals surface area contributed by atoms with Gasteiger partial charge in [-0.3, -0.25) is 14.9 Å². The molecule has 4 atom stereocenters. The zero-order valence-electron chi connectivity index (χ0n) is 22.9. The van der Waals surface area contributed by atoms with Gasteiger partial charge in [-0.05, 0) is 73.2 Å². The van der Waals surface area contributed by atoms with E-state index in [9.17, 15) is 4.79 Å². The number of ether oxygens (including phenoxy) is 3. The molecule has 4 unspecified atom stereocenters. The van der Waals surface area contributed by atoms with Gasteiger partial charge in [0, 0.05) is 42.5 Å². The number of piperidine rings is 3. The van der Waals surface area contributed by atoms with E-state index >= 15 is 0 Å². The summed E-state index contributed by atoms with van der Waals surface area (Å²) < 4.78 is 18.5. The van der Waals surface area contributed by atoms with E-state index in [-0.39, 0.29) is 6.04 Å². The van der Waals surface area contributed by atoms with Crippen LogP contribution in [0.3, 0.4) is 0 Å². The van der Waals surface area contributed by atoms with Gasteiger partial charge >= 0.3 is 6.09 Å². The van der Waals surface area contributed by atoms with Crippen molar-refractivity contribution in [3.8, 4) is 22.8 Å². The number of nitrogens with one attached hydrogen (secondary N) is 1. The zero-order valence-corrected chi connectivity index (χ0v) is 22.9. The van der Waals surface area contributed by atoms with Crippen molar-refractivity contribution in [2.75, 3.05) is 39.2 Å². The van der Waals surface area contributed by atoms with Crippen molar-refractivity contribution in [1.82, 2.24) is 14.7 Å². The van der Waals surface area contributed by atoms with Crippen molar-refractivity contribution in [2.24, 2.45) is 13.0 Å². The third-order valence-corrected chi connectivity index (χ3v) is 8.08. The summed E-state index contributed by atoms with van der Waals surface area (Å²) in [5.41, 5.74) is 5.17. The highest BCUT2D eigenvalue weighted by Crippen LogP contribution is 2.43. The van der Waals surface area contributed by atoms with E-state index in [1.54, 1.807) is 14.2 Å². The Bertz CT molecular complexity index is 1270. The average Bonchev–Trinajstić information content (AvgIpc) is 3.33. The van der Waals surface area contributed by atoms with Crippen molar-refractivity contribution < 1.29 is 19.0 Å². The predicted molar refractivity (Wildman–Crippen MR) is 148 cm³/mol. The highest BCUT2D eigenvalue weighted by molar-refractivity contribution is 5.84. The van der Waals surface area contributed by atoms with E-state index in [0.717, 1.165) is 42.9 Å². The second-order valence-corrected chi connectivity index (χ2v) is 10.7. The minimum Gasteiger partial charge on any atom is -0.493 e. The Morgan fingerprint density at radius 2 is 1.84 bits per heavy atom. The van der Waals surface area contributed by atoms with Crippen LogP contribution in [-0.4, -0.2) is 60.7 Å². The van der Waals surface area contributed by atoms with E-state index in [1.807, 2.05) is 54.2 Å². The van der Waals surface area contributed by atoms with Gasteiger partial charge in [0.1, 0.15) is 6.61 Å². The minimum absolute atomic E-state index is 0.248. The van der Waals surface area contributed by atoms with Gasteiger partial charge < -0.3 is 14.2 Å². The number of nitrogens with zero attached hydrogens (tertiary/aromatic N) is 3. The molecule has 38 heavy (non-hydrogen) atoms. The number of carbonyl (C=O) groups excluding carboxylic acids is 1. The minimum atomic E-state index is -0.396. The first kappa shape index (κ1) is 26.1. The number of hydrogen-bond donors (Lipinski definition) is 1. The fraction of sp³-hybridized carbons (Fsp3) is 0.467. The van der Waals surface area contributed by atoms with Gasteiger partial charge in [0.15, 0.2) is 11.5 Å². The number of hydrogen-bond acceptors (Lipinski definition) is 6. The number of amides is 1. The number of aromatic nitrogens is 2. The molecule has 1 aromatic heterocycles. The number of carbonyl (C=O) groups is 1. The van der Waals surface area contributed by atoms with Crippen LogP contribution in [0.2, 0.25) is 0 Å². The molecular formula is C30H38N4O4. The van der Waals surface area contributed by atoms with Gasteiger partial charge in [0.25, 0.3) is 0 Å². The lowest BCUT2D eigenvalue weighted by Gasteiger charge is -2.49. The summed E-state index contributed by atoms with van der Waals surface area (Å²) in [7, 11) is 5.31. The molecule has 2 aromatic carbocycles.